The van der Waals surface area contributed by atoms with Gasteiger partial charge in [0.05, 0.1) is 6.21 Å². The predicted octanol–water partition coefficient (Wildman–Crippen LogP) is 2.71. The molecule has 0 spiro atoms. The van der Waals surface area contributed by atoms with Crippen LogP contribution in [0.1, 0.15) is 26.3 Å². The van der Waals surface area contributed by atoms with Crippen molar-refractivity contribution in [3.05, 3.63) is 35.6 Å². The van der Waals surface area contributed by atoms with E-state index in [0.29, 0.717) is 5.56 Å². The summed E-state index contributed by atoms with van der Waals surface area (Å²) in [5, 5.41) is 0. The summed E-state index contributed by atoms with van der Waals surface area (Å²) in [6, 6.07) is 6.02. The maximum Gasteiger partial charge on any atom is 0.144 e. The van der Waals surface area contributed by atoms with Gasteiger partial charge in [-0.15, -0.1) is 0 Å². The van der Waals surface area contributed by atoms with Gasteiger partial charge in [-0.3, -0.25) is 0 Å². The van der Waals surface area contributed by atoms with Gasteiger partial charge in [0.25, 0.3) is 0 Å². The van der Waals surface area contributed by atoms with Crippen molar-refractivity contribution in [2.45, 2.75) is 25.5 Å². The van der Waals surface area contributed by atoms with Crippen molar-refractivity contribution in [2.75, 3.05) is 0 Å². The molecule has 0 aliphatic carbocycles. The summed E-state index contributed by atoms with van der Waals surface area (Å²) in [7, 11) is 0. The van der Waals surface area contributed by atoms with E-state index < -0.39 is 11.4 Å². The molecule has 1 atom stereocenters. The van der Waals surface area contributed by atoms with E-state index in [4.69, 9.17) is 0 Å². The summed E-state index contributed by atoms with van der Waals surface area (Å²) < 4.78 is 27.8. The molecule has 0 bridgehead atoms. The lowest BCUT2D eigenvalue weighted by Crippen LogP contribution is -2.25. The molecule has 2 nitrogen and oxygen atoms in total. The molecular weight excluding hydrogens is 213 g/mol. The van der Waals surface area contributed by atoms with Crippen LogP contribution in [0.3, 0.4) is 0 Å². The molecule has 0 heterocycles. The Morgan fingerprint density at radius 1 is 1.40 bits per heavy atom. The van der Waals surface area contributed by atoms with E-state index in [1.807, 2.05) is 20.8 Å². The lowest BCUT2D eigenvalue weighted by atomic mass is 10.2. The molecule has 1 rings (SSSR count). The maximum absolute atomic E-state index is 12.8. The average Bonchev–Trinajstić information content (AvgIpc) is 2.12. The van der Waals surface area contributed by atoms with Gasteiger partial charge in [0, 0.05) is 5.56 Å². The highest BCUT2D eigenvalue weighted by molar-refractivity contribution is 7.91. The van der Waals surface area contributed by atoms with E-state index in [9.17, 15) is 8.94 Å². The third-order valence-electron chi connectivity index (χ3n) is 1.67. The van der Waals surface area contributed by atoms with Crippen molar-refractivity contribution >= 4 is 17.6 Å². The van der Waals surface area contributed by atoms with Crippen molar-refractivity contribution in [1.29, 1.82) is 0 Å². The van der Waals surface area contributed by atoms with Crippen molar-refractivity contribution in [3.63, 3.8) is 0 Å². The van der Waals surface area contributed by atoms with Crippen LogP contribution in [-0.4, -0.2) is 15.5 Å². The van der Waals surface area contributed by atoms with Crippen LogP contribution in [-0.2, 0) is 11.4 Å². The molecule has 0 saturated heterocycles. The number of halogens is 1. The monoisotopic (exact) mass is 227 g/mol. The zero-order chi connectivity index (χ0) is 11.5. The first kappa shape index (κ1) is 12.2. The zero-order valence-electron chi connectivity index (χ0n) is 9.03. The molecule has 0 aliphatic heterocycles. The fourth-order valence-electron chi connectivity index (χ4n) is 0.854. The predicted molar refractivity (Wildman–Crippen MR) is 61.9 cm³/mol. The molecule has 82 valence electrons. The second-order valence-corrected chi connectivity index (χ2v) is 6.08. The standard InChI is InChI=1S/C11H14FNOS/c1-11(2,3)15(14)13-8-9-5-4-6-10(12)7-9/h4-8H,1-3H3/b13-8+/t15-/m0/s1. The lowest BCUT2D eigenvalue weighted by Gasteiger charge is -2.17. The van der Waals surface area contributed by atoms with Gasteiger partial charge in [-0.1, -0.05) is 16.5 Å². The van der Waals surface area contributed by atoms with Crippen LogP contribution in [0.2, 0.25) is 0 Å². The van der Waals surface area contributed by atoms with Crippen LogP contribution < -0.4 is 0 Å². The fourth-order valence-corrected chi connectivity index (χ4v) is 1.39. The van der Waals surface area contributed by atoms with E-state index in [1.54, 1.807) is 12.1 Å². The van der Waals surface area contributed by atoms with Gasteiger partial charge in [0.2, 0.25) is 0 Å². The van der Waals surface area contributed by atoms with Crippen molar-refractivity contribution in [2.24, 2.45) is 4.40 Å². The highest BCUT2D eigenvalue weighted by atomic mass is 32.2. The first-order valence-corrected chi connectivity index (χ1v) is 5.72. The minimum atomic E-state index is -1.30. The van der Waals surface area contributed by atoms with E-state index in [0.717, 1.165) is 0 Å². The number of nitrogens with zero attached hydrogens (tertiary/aromatic N) is 1. The molecule has 0 radical (unpaired) electrons. The van der Waals surface area contributed by atoms with Gasteiger partial charge >= 0.3 is 0 Å². The highest BCUT2D eigenvalue weighted by Gasteiger charge is 2.25. The largest absolute Gasteiger partial charge is 0.591 e. The topological polar surface area (TPSA) is 35.4 Å². The summed E-state index contributed by atoms with van der Waals surface area (Å²) in [5.41, 5.74) is 0.618. The SMILES string of the molecule is CC(C)(C)[S@+]([O-])/N=C/c1cccc(F)c1. The van der Waals surface area contributed by atoms with E-state index in [1.165, 1.54) is 18.3 Å². The summed E-state index contributed by atoms with van der Waals surface area (Å²) in [5.74, 6) is -0.319. The third-order valence-corrected chi connectivity index (χ3v) is 3.01. The minimum Gasteiger partial charge on any atom is -0.591 e. The third kappa shape index (κ3) is 4.01. The molecule has 0 fully saturated rings. The molecule has 1 aromatic rings. The quantitative estimate of drug-likeness (QED) is 0.565. The van der Waals surface area contributed by atoms with Crippen molar-refractivity contribution < 1.29 is 8.94 Å². The van der Waals surface area contributed by atoms with Gasteiger partial charge in [0.1, 0.15) is 21.9 Å². The first-order valence-electron chi connectivity index (χ1n) is 4.61. The molecule has 0 N–H and O–H groups in total. The smallest absolute Gasteiger partial charge is 0.144 e. The molecule has 0 aliphatic rings. The van der Waals surface area contributed by atoms with Crippen LogP contribution in [0.5, 0.6) is 0 Å². The second kappa shape index (κ2) is 4.77. The molecule has 0 unspecified atom stereocenters. The summed E-state index contributed by atoms with van der Waals surface area (Å²) in [6.07, 6.45) is 1.43. The van der Waals surface area contributed by atoms with Gasteiger partial charge in [-0.05, 0) is 32.9 Å². The maximum atomic E-state index is 12.8. The summed E-state index contributed by atoms with van der Waals surface area (Å²) >= 11 is -1.30. The zero-order valence-corrected chi connectivity index (χ0v) is 9.84. The minimum absolute atomic E-state index is 0.319. The van der Waals surface area contributed by atoms with E-state index in [-0.39, 0.29) is 10.6 Å². The molecule has 0 saturated carbocycles. The van der Waals surface area contributed by atoms with Crippen LogP contribution in [0, 0.1) is 5.82 Å². The van der Waals surface area contributed by atoms with Crippen molar-refractivity contribution in [1.82, 2.24) is 0 Å². The Morgan fingerprint density at radius 2 is 2.07 bits per heavy atom. The van der Waals surface area contributed by atoms with Crippen LogP contribution in [0.15, 0.2) is 28.7 Å². The highest BCUT2D eigenvalue weighted by Crippen LogP contribution is 2.16. The lowest BCUT2D eigenvalue weighted by molar-refractivity contribution is 0.562. The Bertz CT molecular complexity index is 360. The van der Waals surface area contributed by atoms with Gasteiger partial charge in [0.15, 0.2) is 0 Å². The van der Waals surface area contributed by atoms with Gasteiger partial charge in [-0.2, -0.15) is 0 Å². The molecule has 4 heteroatoms. The number of hydrogen-bond acceptors (Lipinski definition) is 2. The summed E-state index contributed by atoms with van der Waals surface area (Å²) in [4.78, 5) is 0. The Kier molecular flexibility index (Phi) is 3.88. The van der Waals surface area contributed by atoms with Crippen LogP contribution in [0.4, 0.5) is 4.39 Å². The van der Waals surface area contributed by atoms with Gasteiger partial charge in [-0.25, -0.2) is 4.39 Å². The van der Waals surface area contributed by atoms with Crippen LogP contribution in [0.25, 0.3) is 0 Å². The Labute approximate surface area is 92.5 Å². The molecule has 15 heavy (non-hydrogen) atoms. The molecular formula is C11H14FNOS. The first-order chi connectivity index (χ1) is 6.89. The number of hydrogen-bond donors (Lipinski definition) is 0. The average molecular weight is 227 g/mol. The van der Waals surface area contributed by atoms with E-state index >= 15 is 0 Å². The Balaban J connectivity index is 2.74. The normalized spacial score (nSPS) is 14.5. The Morgan fingerprint density at radius 3 is 2.60 bits per heavy atom. The van der Waals surface area contributed by atoms with Crippen LogP contribution >= 0.6 is 0 Å². The molecule has 0 amide bonds. The summed E-state index contributed by atoms with van der Waals surface area (Å²) in [6.45, 7) is 5.52. The fraction of sp³-hybridized carbons (Fsp3) is 0.364. The number of rotatable bonds is 2. The second-order valence-electron chi connectivity index (χ2n) is 4.15. The number of benzene rings is 1. The van der Waals surface area contributed by atoms with Gasteiger partial charge < -0.3 is 4.55 Å². The molecule has 1 aromatic carbocycles. The molecule has 0 aromatic heterocycles. The van der Waals surface area contributed by atoms with Crippen molar-refractivity contribution in [3.8, 4) is 0 Å². The Hall–Kier alpha value is -0.870. The van der Waals surface area contributed by atoms with E-state index in [2.05, 4.69) is 4.40 Å².